The molecule has 0 aliphatic carbocycles. The maximum Gasteiger partial charge on any atom is 0.435 e. The fourth-order valence-electron chi connectivity index (χ4n) is 1.61. The highest BCUT2D eigenvalue weighted by molar-refractivity contribution is 6.31. The molecule has 0 aromatic carbocycles. The summed E-state index contributed by atoms with van der Waals surface area (Å²) in [6.45, 7) is 1.88. The summed E-state index contributed by atoms with van der Waals surface area (Å²) in [6.07, 6.45) is -3.17. The van der Waals surface area contributed by atoms with Gasteiger partial charge in [0.2, 0.25) is 0 Å². The maximum absolute atomic E-state index is 12.4. The molecule has 0 radical (unpaired) electrons. The molecule has 0 spiro atoms. The third-order valence-electron chi connectivity index (χ3n) is 2.50. The molecule has 0 unspecified atom stereocenters. The summed E-state index contributed by atoms with van der Waals surface area (Å²) in [5.74, 6) is 0. The van der Waals surface area contributed by atoms with Gasteiger partial charge in [-0.25, -0.2) is 0 Å². The third kappa shape index (κ3) is 2.35. The smallest absolute Gasteiger partial charge is 0.269 e. The van der Waals surface area contributed by atoms with Crippen molar-refractivity contribution in [1.29, 1.82) is 0 Å². The van der Waals surface area contributed by atoms with Crippen molar-refractivity contribution in [1.82, 2.24) is 19.6 Å². The Labute approximate surface area is 106 Å². The molecule has 0 atom stereocenters. The Kier molecular flexibility index (Phi) is 3.10. The van der Waals surface area contributed by atoms with Gasteiger partial charge in [0.15, 0.2) is 5.69 Å². The van der Waals surface area contributed by atoms with Crippen molar-refractivity contribution in [2.75, 3.05) is 0 Å². The molecule has 0 fully saturated rings. The van der Waals surface area contributed by atoms with Crippen molar-refractivity contribution in [2.45, 2.75) is 19.6 Å². The number of hydrogen-bond donors (Lipinski definition) is 0. The number of halogens is 4. The molecule has 0 N–H and O–H groups in total. The van der Waals surface area contributed by atoms with E-state index >= 15 is 0 Å². The molecule has 98 valence electrons. The Hall–Kier alpha value is -1.50. The van der Waals surface area contributed by atoms with Crippen LogP contribution in [0.4, 0.5) is 13.2 Å². The standard InChI is InChI=1S/C10H10ClF3N4/c1-6-9(11)7(17(2)15-6)5-18-4-3-8(16-18)10(12,13)14/h3-4H,5H2,1-2H3. The lowest BCUT2D eigenvalue weighted by atomic mass is 10.3. The van der Waals surface area contributed by atoms with Gasteiger partial charge < -0.3 is 0 Å². The Morgan fingerprint density at radius 2 is 2.00 bits per heavy atom. The molecule has 0 saturated heterocycles. The van der Waals surface area contributed by atoms with Gasteiger partial charge >= 0.3 is 6.18 Å². The fourth-order valence-corrected chi connectivity index (χ4v) is 1.83. The number of rotatable bonds is 2. The van der Waals surface area contributed by atoms with Crippen molar-refractivity contribution in [3.63, 3.8) is 0 Å². The van der Waals surface area contributed by atoms with Gasteiger partial charge in [-0.15, -0.1) is 0 Å². The van der Waals surface area contributed by atoms with Crippen LogP contribution in [0.3, 0.4) is 0 Å². The predicted octanol–water partition coefficient (Wildman–Crippen LogP) is 2.65. The molecule has 4 nitrogen and oxygen atoms in total. The minimum atomic E-state index is -4.43. The molecule has 2 heterocycles. The zero-order valence-electron chi connectivity index (χ0n) is 9.66. The minimum absolute atomic E-state index is 0.145. The highest BCUT2D eigenvalue weighted by atomic mass is 35.5. The number of nitrogens with zero attached hydrogens (tertiary/aromatic N) is 4. The van der Waals surface area contributed by atoms with Crippen molar-refractivity contribution in [3.05, 3.63) is 34.4 Å². The first-order valence-electron chi connectivity index (χ1n) is 5.07. The summed E-state index contributed by atoms with van der Waals surface area (Å²) >= 11 is 6.01. The van der Waals surface area contributed by atoms with E-state index < -0.39 is 11.9 Å². The highest BCUT2D eigenvalue weighted by Gasteiger charge is 2.33. The maximum atomic E-state index is 12.4. The van der Waals surface area contributed by atoms with Crippen molar-refractivity contribution < 1.29 is 13.2 Å². The second-order valence-electron chi connectivity index (χ2n) is 3.87. The first-order chi connectivity index (χ1) is 8.29. The predicted molar refractivity (Wildman–Crippen MR) is 59.3 cm³/mol. The molecule has 8 heteroatoms. The van der Waals surface area contributed by atoms with E-state index in [4.69, 9.17) is 11.6 Å². The lowest BCUT2D eigenvalue weighted by Gasteiger charge is -2.04. The van der Waals surface area contributed by atoms with E-state index in [9.17, 15) is 13.2 Å². The second-order valence-corrected chi connectivity index (χ2v) is 4.24. The molecule has 2 aromatic heterocycles. The fraction of sp³-hybridized carbons (Fsp3) is 0.400. The number of alkyl halides is 3. The lowest BCUT2D eigenvalue weighted by Crippen LogP contribution is -2.10. The molecule has 0 aliphatic heterocycles. The van der Waals surface area contributed by atoms with Gasteiger partial charge in [0.25, 0.3) is 0 Å². The van der Waals surface area contributed by atoms with E-state index in [1.54, 1.807) is 14.0 Å². The van der Waals surface area contributed by atoms with E-state index in [0.717, 1.165) is 6.07 Å². The Bertz CT molecular complexity index is 570. The zero-order chi connectivity index (χ0) is 13.5. The van der Waals surface area contributed by atoms with Crippen LogP contribution in [0.5, 0.6) is 0 Å². The largest absolute Gasteiger partial charge is 0.435 e. The Morgan fingerprint density at radius 3 is 2.44 bits per heavy atom. The minimum Gasteiger partial charge on any atom is -0.269 e. The summed E-state index contributed by atoms with van der Waals surface area (Å²) in [7, 11) is 1.68. The molecule has 0 amide bonds. The van der Waals surface area contributed by atoms with Gasteiger partial charge in [0.05, 0.1) is 23.0 Å². The van der Waals surface area contributed by atoms with E-state index in [2.05, 4.69) is 10.2 Å². The first-order valence-corrected chi connectivity index (χ1v) is 5.45. The van der Waals surface area contributed by atoms with Crippen LogP contribution in [0.1, 0.15) is 17.1 Å². The average Bonchev–Trinajstić information content (AvgIpc) is 2.80. The van der Waals surface area contributed by atoms with Crippen LogP contribution in [-0.4, -0.2) is 19.6 Å². The number of aromatic nitrogens is 4. The van der Waals surface area contributed by atoms with Gasteiger partial charge in [-0.2, -0.15) is 23.4 Å². The lowest BCUT2D eigenvalue weighted by molar-refractivity contribution is -0.141. The van der Waals surface area contributed by atoms with Crippen molar-refractivity contribution in [2.24, 2.45) is 7.05 Å². The van der Waals surface area contributed by atoms with Crippen molar-refractivity contribution in [3.8, 4) is 0 Å². The van der Waals surface area contributed by atoms with Crippen LogP contribution in [0.25, 0.3) is 0 Å². The molecular formula is C10H10ClF3N4. The van der Waals surface area contributed by atoms with E-state index in [1.807, 2.05) is 0 Å². The van der Waals surface area contributed by atoms with Crippen LogP contribution in [0.2, 0.25) is 5.02 Å². The molecule has 0 aliphatic rings. The zero-order valence-corrected chi connectivity index (χ0v) is 10.4. The molecule has 18 heavy (non-hydrogen) atoms. The summed E-state index contributed by atoms with van der Waals surface area (Å²) in [5.41, 5.74) is 0.334. The average molecular weight is 279 g/mol. The van der Waals surface area contributed by atoms with E-state index in [0.29, 0.717) is 16.4 Å². The van der Waals surface area contributed by atoms with E-state index in [-0.39, 0.29) is 6.54 Å². The van der Waals surface area contributed by atoms with Gasteiger partial charge in [-0.05, 0) is 13.0 Å². The highest BCUT2D eigenvalue weighted by Crippen LogP contribution is 2.27. The van der Waals surface area contributed by atoms with Crippen LogP contribution in [0, 0.1) is 6.92 Å². The van der Waals surface area contributed by atoms with Gasteiger partial charge in [0.1, 0.15) is 0 Å². The number of hydrogen-bond acceptors (Lipinski definition) is 2. The topological polar surface area (TPSA) is 35.6 Å². The molecule has 2 aromatic rings. The van der Waals surface area contributed by atoms with Crippen LogP contribution >= 0.6 is 11.6 Å². The summed E-state index contributed by atoms with van der Waals surface area (Å²) in [6, 6.07) is 0.928. The number of aryl methyl sites for hydroxylation is 2. The molecule has 0 bridgehead atoms. The van der Waals surface area contributed by atoms with Gasteiger partial charge in [0, 0.05) is 13.2 Å². The summed E-state index contributed by atoms with van der Waals surface area (Å²) < 4.78 is 39.9. The monoisotopic (exact) mass is 278 g/mol. The summed E-state index contributed by atoms with van der Waals surface area (Å²) in [4.78, 5) is 0. The molecular weight excluding hydrogens is 269 g/mol. The van der Waals surface area contributed by atoms with E-state index in [1.165, 1.54) is 15.6 Å². The third-order valence-corrected chi connectivity index (χ3v) is 3.00. The van der Waals surface area contributed by atoms with Crippen molar-refractivity contribution >= 4 is 11.6 Å². The second kappa shape index (κ2) is 4.31. The van der Waals surface area contributed by atoms with Crippen LogP contribution in [-0.2, 0) is 19.8 Å². The Balaban J connectivity index is 2.27. The quantitative estimate of drug-likeness (QED) is 0.847. The van der Waals surface area contributed by atoms with Gasteiger partial charge in [-0.3, -0.25) is 9.36 Å². The van der Waals surface area contributed by atoms with Crippen LogP contribution in [0.15, 0.2) is 12.3 Å². The molecule has 2 rings (SSSR count). The Morgan fingerprint density at radius 1 is 1.33 bits per heavy atom. The molecule has 0 saturated carbocycles. The normalized spacial score (nSPS) is 12.1. The summed E-state index contributed by atoms with van der Waals surface area (Å²) in [5, 5.41) is 7.99. The first kappa shape index (κ1) is 12.9. The SMILES string of the molecule is Cc1nn(C)c(Cn2ccc(C(F)(F)F)n2)c1Cl. The van der Waals surface area contributed by atoms with Crippen LogP contribution < -0.4 is 0 Å². The van der Waals surface area contributed by atoms with Gasteiger partial charge in [-0.1, -0.05) is 11.6 Å².